The lowest BCUT2D eigenvalue weighted by molar-refractivity contribution is 0.291. The van der Waals surface area contributed by atoms with Crippen LogP contribution in [0.1, 0.15) is 5.56 Å². The summed E-state index contributed by atoms with van der Waals surface area (Å²) in [7, 11) is 4.69. The van der Waals surface area contributed by atoms with Crippen molar-refractivity contribution in [2.75, 3.05) is 27.1 Å². The monoisotopic (exact) mass is 289 g/mol. The molecule has 2 N–H and O–H groups in total. The van der Waals surface area contributed by atoms with Crippen molar-refractivity contribution in [1.29, 1.82) is 0 Å². The molecule has 112 valence electrons. The van der Waals surface area contributed by atoms with E-state index in [1.165, 1.54) is 0 Å². The molecule has 5 nitrogen and oxygen atoms in total. The molecule has 0 aliphatic heterocycles. The highest BCUT2D eigenvalue weighted by molar-refractivity contribution is 5.56. The molecule has 0 fully saturated rings. The van der Waals surface area contributed by atoms with E-state index in [4.69, 9.17) is 24.7 Å². The number of benzene rings is 2. The van der Waals surface area contributed by atoms with Crippen LogP contribution in [-0.4, -0.2) is 21.3 Å². The van der Waals surface area contributed by atoms with Gasteiger partial charge >= 0.3 is 0 Å². The Morgan fingerprint density at radius 2 is 1.52 bits per heavy atom. The van der Waals surface area contributed by atoms with E-state index >= 15 is 0 Å². The van der Waals surface area contributed by atoms with Crippen LogP contribution in [0.5, 0.6) is 23.0 Å². The highest BCUT2D eigenvalue weighted by Gasteiger charge is 2.14. The highest BCUT2D eigenvalue weighted by atomic mass is 16.5. The predicted octanol–water partition coefficient (Wildman–Crippen LogP) is 2.87. The second kappa shape index (κ2) is 6.74. The Morgan fingerprint density at radius 1 is 0.905 bits per heavy atom. The summed E-state index contributed by atoms with van der Waals surface area (Å²) in [5.41, 5.74) is 7.51. The van der Waals surface area contributed by atoms with Crippen molar-refractivity contribution >= 4 is 5.69 Å². The minimum absolute atomic E-state index is 0.366. The zero-order chi connectivity index (χ0) is 15.2. The summed E-state index contributed by atoms with van der Waals surface area (Å²) < 4.78 is 21.6. The Morgan fingerprint density at radius 3 is 2.05 bits per heavy atom. The first-order valence-corrected chi connectivity index (χ1v) is 6.45. The van der Waals surface area contributed by atoms with Gasteiger partial charge in [-0.1, -0.05) is 18.2 Å². The molecule has 2 rings (SSSR count). The third-order valence-corrected chi connectivity index (χ3v) is 3.09. The quantitative estimate of drug-likeness (QED) is 0.828. The molecule has 0 heterocycles. The number of methoxy groups -OCH3 is 3. The van der Waals surface area contributed by atoms with Crippen molar-refractivity contribution in [3.05, 3.63) is 42.0 Å². The van der Waals surface area contributed by atoms with Gasteiger partial charge in [0.05, 0.1) is 21.3 Å². The van der Waals surface area contributed by atoms with Gasteiger partial charge in [-0.15, -0.1) is 0 Å². The van der Waals surface area contributed by atoms with E-state index in [2.05, 4.69) is 0 Å². The van der Waals surface area contributed by atoms with E-state index < -0.39 is 0 Å². The van der Waals surface area contributed by atoms with Crippen LogP contribution in [-0.2, 0) is 6.61 Å². The third kappa shape index (κ3) is 3.31. The molecular weight excluding hydrogens is 270 g/mol. The molecule has 2 aromatic rings. The fourth-order valence-electron chi connectivity index (χ4n) is 1.97. The maximum Gasteiger partial charge on any atom is 0.203 e. The minimum Gasteiger partial charge on any atom is -0.493 e. The number of nitrogen functional groups attached to an aromatic ring is 1. The lowest BCUT2D eigenvalue weighted by Gasteiger charge is -2.15. The molecule has 0 aromatic heterocycles. The smallest absolute Gasteiger partial charge is 0.203 e. The maximum atomic E-state index is 5.89. The summed E-state index contributed by atoms with van der Waals surface area (Å²) >= 11 is 0. The van der Waals surface area contributed by atoms with Crippen LogP contribution in [0.15, 0.2) is 36.4 Å². The summed E-state index contributed by atoms with van der Waals surface area (Å²) in [6, 6.07) is 11.1. The summed E-state index contributed by atoms with van der Waals surface area (Å²) in [4.78, 5) is 0. The van der Waals surface area contributed by atoms with Gasteiger partial charge in [0, 0.05) is 23.4 Å². The van der Waals surface area contributed by atoms with Crippen LogP contribution < -0.4 is 24.7 Å². The molecule has 0 spiro atoms. The second-order valence-corrected chi connectivity index (χ2v) is 4.35. The van der Waals surface area contributed by atoms with Crippen LogP contribution in [0, 0.1) is 0 Å². The van der Waals surface area contributed by atoms with Gasteiger partial charge in [-0.2, -0.15) is 0 Å². The molecule has 0 atom stereocenters. The molecular formula is C16H19NO4. The number of hydrogen-bond donors (Lipinski definition) is 1. The van der Waals surface area contributed by atoms with Crippen LogP contribution in [0.25, 0.3) is 0 Å². The van der Waals surface area contributed by atoms with Crippen molar-refractivity contribution in [1.82, 2.24) is 0 Å². The van der Waals surface area contributed by atoms with Gasteiger partial charge in [-0.05, 0) is 6.07 Å². The number of rotatable bonds is 6. The molecule has 5 heteroatoms. The Bertz CT molecular complexity index is 588. The van der Waals surface area contributed by atoms with Crippen molar-refractivity contribution < 1.29 is 18.9 Å². The minimum atomic E-state index is 0.366. The lowest BCUT2D eigenvalue weighted by atomic mass is 10.2. The SMILES string of the molecule is COc1cc(OCc2ccccc2N)cc(OC)c1OC. The number of ether oxygens (including phenoxy) is 4. The Labute approximate surface area is 124 Å². The normalized spacial score (nSPS) is 10.0. The van der Waals surface area contributed by atoms with Gasteiger partial charge in [0.15, 0.2) is 11.5 Å². The first-order valence-electron chi connectivity index (χ1n) is 6.45. The van der Waals surface area contributed by atoms with E-state index in [-0.39, 0.29) is 0 Å². The fourth-order valence-corrected chi connectivity index (χ4v) is 1.97. The molecule has 0 radical (unpaired) electrons. The van der Waals surface area contributed by atoms with Gasteiger partial charge in [-0.3, -0.25) is 0 Å². The maximum absolute atomic E-state index is 5.89. The molecule has 0 bridgehead atoms. The van der Waals surface area contributed by atoms with Crippen molar-refractivity contribution in [3.63, 3.8) is 0 Å². The van der Waals surface area contributed by atoms with E-state index in [9.17, 15) is 0 Å². The first kappa shape index (κ1) is 14.8. The molecule has 21 heavy (non-hydrogen) atoms. The summed E-state index contributed by atoms with van der Waals surface area (Å²) in [6.07, 6.45) is 0. The van der Waals surface area contributed by atoms with E-state index in [1.54, 1.807) is 33.5 Å². The zero-order valence-corrected chi connectivity index (χ0v) is 12.4. The predicted molar refractivity (Wildman–Crippen MR) is 81.3 cm³/mol. The van der Waals surface area contributed by atoms with Gasteiger partial charge < -0.3 is 24.7 Å². The molecule has 0 aliphatic carbocycles. The van der Waals surface area contributed by atoms with Crippen LogP contribution >= 0.6 is 0 Å². The van der Waals surface area contributed by atoms with Gasteiger partial charge in [0.25, 0.3) is 0 Å². The van der Waals surface area contributed by atoms with Gasteiger partial charge in [0.2, 0.25) is 5.75 Å². The zero-order valence-electron chi connectivity index (χ0n) is 12.4. The summed E-state index contributed by atoms with van der Waals surface area (Å²) in [6.45, 7) is 0.366. The Balaban J connectivity index is 2.22. The highest BCUT2D eigenvalue weighted by Crippen LogP contribution is 2.40. The van der Waals surface area contributed by atoms with E-state index in [0.717, 1.165) is 5.56 Å². The Hall–Kier alpha value is -2.56. The number of para-hydroxylation sites is 1. The van der Waals surface area contributed by atoms with Crippen molar-refractivity contribution in [2.45, 2.75) is 6.61 Å². The molecule has 2 aromatic carbocycles. The van der Waals surface area contributed by atoms with Crippen LogP contribution in [0.4, 0.5) is 5.69 Å². The van der Waals surface area contributed by atoms with Crippen LogP contribution in [0.2, 0.25) is 0 Å². The number of anilines is 1. The Kier molecular flexibility index (Phi) is 4.77. The average Bonchev–Trinajstić information content (AvgIpc) is 2.52. The van der Waals surface area contributed by atoms with Crippen molar-refractivity contribution in [2.24, 2.45) is 0 Å². The topological polar surface area (TPSA) is 62.9 Å². The number of nitrogens with two attached hydrogens (primary N) is 1. The standard InChI is InChI=1S/C16H19NO4/c1-18-14-8-12(9-15(19-2)16(14)20-3)21-10-11-6-4-5-7-13(11)17/h4-9H,10,17H2,1-3H3. The fraction of sp³-hybridized carbons (Fsp3) is 0.250. The summed E-state index contributed by atoms with van der Waals surface area (Å²) in [5, 5.41) is 0. The molecule has 0 saturated carbocycles. The third-order valence-electron chi connectivity index (χ3n) is 3.09. The van der Waals surface area contributed by atoms with Crippen molar-refractivity contribution in [3.8, 4) is 23.0 Å². The largest absolute Gasteiger partial charge is 0.493 e. The molecule has 0 saturated heterocycles. The molecule has 0 amide bonds. The number of hydrogen-bond acceptors (Lipinski definition) is 5. The van der Waals surface area contributed by atoms with Crippen LogP contribution in [0.3, 0.4) is 0 Å². The van der Waals surface area contributed by atoms with Gasteiger partial charge in [-0.25, -0.2) is 0 Å². The van der Waals surface area contributed by atoms with Gasteiger partial charge in [0.1, 0.15) is 12.4 Å². The average molecular weight is 289 g/mol. The summed E-state index contributed by atoms with van der Waals surface area (Å²) in [5.74, 6) is 2.25. The molecule has 0 unspecified atom stereocenters. The van der Waals surface area contributed by atoms with E-state index in [1.807, 2.05) is 24.3 Å². The lowest BCUT2D eigenvalue weighted by Crippen LogP contribution is -2.01. The second-order valence-electron chi connectivity index (χ2n) is 4.35. The van der Waals surface area contributed by atoms with E-state index in [0.29, 0.717) is 35.3 Å². The first-order chi connectivity index (χ1) is 10.2. The molecule has 0 aliphatic rings.